The lowest BCUT2D eigenvalue weighted by molar-refractivity contribution is -0.112. The number of amides is 1. The summed E-state index contributed by atoms with van der Waals surface area (Å²) in [6.07, 6.45) is 1.42. The molecule has 0 aromatic heterocycles. The first-order chi connectivity index (χ1) is 12.2. The second kappa shape index (κ2) is 8.76. The van der Waals surface area contributed by atoms with Crippen molar-refractivity contribution in [2.75, 3.05) is 19.0 Å². The number of carbonyl (C=O) groups is 1. The molecule has 2 rings (SSSR count). The standard InChI is InChI=1S/C19H15N3O3/c1-24-17-8-6-16(7-9-17)22-19(23)15(13-21)12-14-4-2-3-5-18(14)25-11-10-20/h2-9,12H,11H2,1H3,(H,22,23)/b15-12+. The normalized spacial score (nSPS) is 10.3. The Morgan fingerprint density at radius 1 is 1.16 bits per heavy atom. The van der Waals surface area contributed by atoms with Gasteiger partial charge in [-0.25, -0.2) is 0 Å². The summed E-state index contributed by atoms with van der Waals surface area (Å²) in [6, 6.07) is 17.4. The monoisotopic (exact) mass is 333 g/mol. The van der Waals surface area contributed by atoms with Gasteiger partial charge in [0.1, 0.15) is 29.2 Å². The lowest BCUT2D eigenvalue weighted by atomic mass is 10.1. The lowest BCUT2D eigenvalue weighted by Gasteiger charge is -2.07. The number of carbonyl (C=O) groups excluding carboxylic acids is 1. The summed E-state index contributed by atoms with van der Waals surface area (Å²) in [6.45, 7) is -0.120. The molecular weight excluding hydrogens is 318 g/mol. The van der Waals surface area contributed by atoms with Crippen molar-refractivity contribution in [2.24, 2.45) is 0 Å². The second-order valence-corrected chi connectivity index (χ2v) is 4.84. The van der Waals surface area contributed by atoms with Crippen molar-refractivity contribution in [1.29, 1.82) is 10.5 Å². The average molecular weight is 333 g/mol. The van der Waals surface area contributed by atoms with Crippen LogP contribution in [0.5, 0.6) is 11.5 Å². The summed E-state index contributed by atoms with van der Waals surface area (Å²) >= 11 is 0. The molecule has 0 atom stereocenters. The van der Waals surface area contributed by atoms with Gasteiger partial charge in [0.2, 0.25) is 0 Å². The van der Waals surface area contributed by atoms with E-state index in [9.17, 15) is 10.1 Å². The maximum atomic E-state index is 12.3. The molecule has 25 heavy (non-hydrogen) atoms. The van der Waals surface area contributed by atoms with Crippen LogP contribution in [-0.4, -0.2) is 19.6 Å². The molecule has 0 saturated heterocycles. The first kappa shape index (κ1) is 17.6. The molecule has 1 amide bonds. The van der Waals surface area contributed by atoms with Gasteiger partial charge in [-0.15, -0.1) is 0 Å². The number of nitriles is 2. The predicted octanol–water partition coefficient (Wildman–Crippen LogP) is 3.14. The first-order valence-electron chi connectivity index (χ1n) is 7.34. The summed E-state index contributed by atoms with van der Waals surface area (Å²) < 4.78 is 10.3. The van der Waals surface area contributed by atoms with Gasteiger partial charge in [-0.05, 0) is 36.4 Å². The molecular formula is C19H15N3O3. The fraction of sp³-hybridized carbons (Fsp3) is 0.105. The molecule has 0 aliphatic rings. The number of rotatable bonds is 6. The molecule has 2 aromatic rings. The topological polar surface area (TPSA) is 95.1 Å². The number of methoxy groups -OCH3 is 1. The van der Waals surface area contributed by atoms with Gasteiger partial charge in [0.15, 0.2) is 6.61 Å². The molecule has 0 saturated carbocycles. The third-order valence-corrected chi connectivity index (χ3v) is 3.22. The highest BCUT2D eigenvalue weighted by Crippen LogP contribution is 2.22. The highest BCUT2D eigenvalue weighted by Gasteiger charge is 2.11. The highest BCUT2D eigenvalue weighted by molar-refractivity contribution is 6.09. The van der Waals surface area contributed by atoms with Crippen molar-refractivity contribution in [2.45, 2.75) is 0 Å². The third kappa shape index (κ3) is 4.85. The number of nitrogens with one attached hydrogen (secondary N) is 1. The van der Waals surface area contributed by atoms with E-state index >= 15 is 0 Å². The lowest BCUT2D eigenvalue weighted by Crippen LogP contribution is -2.13. The maximum Gasteiger partial charge on any atom is 0.266 e. The molecule has 0 bridgehead atoms. The Bertz CT molecular complexity index is 859. The second-order valence-electron chi connectivity index (χ2n) is 4.84. The Kier molecular flexibility index (Phi) is 6.16. The minimum Gasteiger partial charge on any atom is -0.497 e. The number of hydrogen-bond acceptors (Lipinski definition) is 5. The van der Waals surface area contributed by atoms with E-state index in [1.165, 1.54) is 6.08 Å². The fourth-order valence-corrected chi connectivity index (χ4v) is 2.02. The van der Waals surface area contributed by atoms with Gasteiger partial charge in [-0.2, -0.15) is 10.5 Å². The number of ether oxygens (including phenoxy) is 2. The van der Waals surface area contributed by atoms with E-state index in [-0.39, 0.29) is 12.2 Å². The van der Waals surface area contributed by atoms with Gasteiger partial charge in [0.25, 0.3) is 5.91 Å². The number of hydrogen-bond donors (Lipinski definition) is 1. The van der Waals surface area contributed by atoms with Gasteiger partial charge < -0.3 is 14.8 Å². The third-order valence-electron chi connectivity index (χ3n) is 3.22. The molecule has 6 nitrogen and oxygen atoms in total. The Hall–Kier alpha value is -3.77. The molecule has 0 aliphatic carbocycles. The van der Waals surface area contributed by atoms with Crippen molar-refractivity contribution in [3.8, 4) is 23.6 Å². The van der Waals surface area contributed by atoms with Crippen LogP contribution in [0, 0.1) is 22.7 Å². The molecule has 1 N–H and O–H groups in total. The molecule has 2 aromatic carbocycles. The highest BCUT2D eigenvalue weighted by atomic mass is 16.5. The Balaban J connectivity index is 2.21. The van der Waals surface area contributed by atoms with Crippen LogP contribution in [0.4, 0.5) is 5.69 Å². The van der Waals surface area contributed by atoms with Crippen molar-refractivity contribution >= 4 is 17.7 Å². The molecule has 0 unspecified atom stereocenters. The SMILES string of the molecule is COc1ccc(NC(=O)/C(C#N)=C/c2ccccc2OCC#N)cc1. The molecule has 0 fully saturated rings. The van der Waals surface area contributed by atoms with Crippen LogP contribution in [0.3, 0.4) is 0 Å². The van der Waals surface area contributed by atoms with Gasteiger partial charge >= 0.3 is 0 Å². The summed E-state index contributed by atoms with van der Waals surface area (Å²) in [4.78, 5) is 12.3. The van der Waals surface area contributed by atoms with E-state index in [4.69, 9.17) is 14.7 Å². The van der Waals surface area contributed by atoms with Crippen LogP contribution in [0.15, 0.2) is 54.1 Å². The van der Waals surface area contributed by atoms with Crippen LogP contribution >= 0.6 is 0 Å². The minimum atomic E-state index is -0.539. The Labute approximate surface area is 145 Å². The van der Waals surface area contributed by atoms with E-state index in [0.717, 1.165) is 0 Å². The number of anilines is 1. The molecule has 124 valence electrons. The van der Waals surface area contributed by atoms with E-state index in [2.05, 4.69) is 5.32 Å². The van der Waals surface area contributed by atoms with Crippen molar-refractivity contribution in [1.82, 2.24) is 0 Å². The number of para-hydroxylation sites is 1. The molecule has 0 radical (unpaired) electrons. The smallest absolute Gasteiger partial charge is 0.266 e. The summed E-state index contributed by atoms with van der Waals surface area (Å²) in [5.74, 6) is 0.550. The average Bonchev–Trinajstić information content (AvgIpc) is 2.65. The summed E-state index contributed by atoms with van der Waals surface area (Å²) in [5.41, 5.74) is 1.00. The van der Waals surface area contributed by atoms with Crippen molar-refractivity contribution in [3.05, 3.63) is 59.7 Å². The predicted molar refractivity (Wildman–Crippen MR) is 92.8 cm³/mol. The van der Waals surface area contributed by atoms with E-state index in [0.29, 0.717) is 22.7 Å². The minimum absolute atomic E-state index is 0.0798. The van der Waals surface area contributed by atoms with E-state index < -0.39 is 5.91 Å². The van der Waals surface area contributed by atoms with E-state index in [1.54, 1.807) is 55.6 Å². The quantitative estimate of drug-likeness (QED) is 0.647. The zero-order valence-corrected chi connectivity index (χ0v) is 13.5. The van der Waals surface area contributed by atoms with Gasteiger partial charge in [-0.3, -0.25) is 4.79 Å². The molecule has 0 aliphatic heterocycles. The van der Waals surface area contributed by atoms with Crippen LogP contribution in [0.25, 0.3) is 6.08 Å². The molecule has 0 heterocycles. The van der Waals surface area contributed by atoms with Crippen LogP contribution in [0.1, 0.15) is 5.56 Å². The van der Waals surface area contributed by atoms with Gasteiger partial charge in [0.05, 0.1) is 7.11 Å². The zero-order chi connectivity index (χ0) is 18.1. The van der Waals surface area contributed by atoms with Crippen molar-refractivity contribution < 1.29 is 14.3 Å². The summed E-state index contributed by atoms with van der Waals surface area (Å²) in [5, 5.41) is 20.6. The largest absolute Gasteiger partial charge is 0.497 e. The van der Waals surface area contributed by atoms with Crippen LogP contribution in [-0.2, 0) is 4.79 Å². The Morgan fingerprint density at radius 2 is 1.88 bits per heavy atom. The van der Waals surface area contributed by atoms with Crippen LogP contribution < -0.4 is 14.8 Å². The molecule has 0 spiro atoms. The van der Waals surface area contributed by atoms with E-state index in [1.807, 2.05) is 12.1 Å². The first-order valence-corrected chi connectivity index (χ1v) is 7.34. The Morgan fingerprint density at radius 3 is 2.52 bits per heavy atom. The fourth-order valence-electron chi connectivity index (χ4n) is 2.02. The van der Waals surface area contributed by atoms with Gasteiger partial charge in [0, 0.05) is 11.3 Å². The van der Waals surface area contributed by atoms with Crippen molar-refractivity contribution in [3.63, 3.8) is 0 Å². The van der Waals surface area contributed by atoms with Crippen LogP contribution in [0.2, 0.25) is 0 Å². The van der Waals surface area contributed by atoms with Gasteiger partial charge in [-0.1, -0.05) is 18.2 Å². The zero-order valence-electron chi connectivity index (χ0n) is 13.5. The molecule has 6 heteroatoms. The number of nitrogens with zero attached hydrogens (tertiary/aromatic N) is 2. The summed E-state index contributed by atoms with van der Waals surface area (Å²) in [7, 11) is 1.55. The number of benzene rings is 2. The maximum absolute atomic E-state index is 12.3.